The first kappa shape index (κ1) is 8.21. The summed E-state index contributed by atoms with van der Waals surface area (Å²) in [4.78, 5) is 9.76. The van der Waals surface area contributed by atoms with Crippen molar-refractivity contribution in [3.8, 4) is 0 Å². The van der Waals surface area contributed by atoms with Crippen molar-refractivity contribution in [2.45, 2.75) is 19.8 Å². The third kappa shape index (κ3) is 7.21. The van der Waals surface area contributed by atoms with Gasteiger partial charge in [-0.15, -0.1) is 0 Å². The Bertz CT molecular complexity index is 86.9. The van der Waals surface area contributed by atoms with Crippen molar-refractivity contribution in [1.29, 1.82) is 0 Å². The monoisotopic (exact) mass is 128 g/mol. The Hall–Kier alpha value is -0.790. The molecular weight excluding hydrogens is 116 g/mol. The van der Waals surface area contributed by atoms with Gasteiger partial charge in [0.2, 0.25) is 0 Å². The number of carbonyl (C=O) groups excluding carboxylic acids is 1. The van der Waals surface area contributed by atoms with Crippen molar-refractivity contribution < 1.29 is 9.53 Å². The van der Waals surface area contributed by atoms with E-state index in [0.717, 1.165) is 12.7 Å². The van der Waals surface area contributed by atoms with Crippen LogP contribution in [0.5, 0.6) is 0 Å². The largest absolute Gasteiger partial charge is 0.502 e. The summed E-state index contributed by atoms with van der Waals surface area (Å²) in [5.74, 6) is 0. The van der Waals surface area contributed by atoms with Crippen LogP contribution in [0.3, 0.4) is 0 Å². The Labute approximate surface area is 55.5 Å². The zero-order valence-corrected chi connectivity index (χ0v) is 5.67. The van der Waals surface area contributed by atoms with Crippen LogP contribution in [0, 0.1) is 0 Å². The van der Waals surface area contributed by atoms with E-state index in [4.69, 9.17) is 4.74 Å². The van der Waals surface area contributed by atoms with Crippen molar-refractivity contribution in [2.24, 2.45) is 0 Å². The minimum absolute atomic E-state index is 0.587. The second-order valence-corrected chi connectivity index (χ2v) is 1.57. The first-order chi connectivity index (χ1) is 4.41. The van der Waals surface area contributed by atoms with Crippen LogP contribution in [0.2, 0.25) is 0 Å². The summed E-state index contributed by atoms with van der Waals surface area (Å²) in [6.07, 6.45) is 5.74. The van der Waals surface area contributed by atoms with Gasteiger partial charge in [-0.1, -0.05) is 0 Å². The molecule has 2 heteroatoms. The Morgan fingerprint density at radius 2 is 2.22 bits per heavy atom. The van der Waals surface area contributed by atoms with Gasteiger partial charge in [0, 0.05) is 6.42 Å². The highest BCUT2D eigenvalue weighted by molar-refractivity contribution is 5.49. The fourth-order valence-corrected chi connectivity index (χ4v) is 0.397. The number of unbranched alkanes of at least 4 members (excludes halogenated alkanes) is 1. The number of hydrogen-bond acceptors (Lipinski definition) is 2. The maximum absolute atomic E-state index is 9.76. The van der Waals surface area contributed by atoms with Gasteiger partial charge in [0.25, 0.3) is 0 Å². The van der Waals surface area contributed by atoms with Gasteiger partial charge in [-0.25, -0.2) is 0 Å². The van der Waals surface area contributed by atoms with Gasteiger partial charge in [-0.2, -0.15) is 0 Å². The molecular formula is C7H12O2. The smallest absolute Gasteiger partial charge is 0.120 e. The van der Waals surface area contributed by atoms with Crippen LogP contribution in [0.15, 0.2) is 12.3 Å². The molecule has 0 atom stereocenters. The molecule has 2 nitrogen and oxygen atoms in total. The lowest BCUT2D eigenvalue weighted by Crippen LogP contribution is -1.77. The van der Waals surface area contributed by atoms with Crippen molar-refractivity contribution in [1.82, 2.24) is 0 Å². The van der Waals surface area contributed by atoms with Crippen LogP contribution < -0.4 is 0 Å². The van der Waals surface area contributed by atoms with Gasteiger partial charge in [-0.05, 0) is 19.4 Å². The Kier molecular flexibility index (Phi) is 6.58. The molecule has 0 unspecified atom stereocenters. The van der Waals surface area contributed by atoms with E-state index >= 15 is 0 Å². The van der Waals surface area contributed by atoms with E-state index in [1.807, 2.05) is 13.0 Å². The molecule has 0 N–H and O–H groups in total. The molecule has 0 heterocycles. The molecule has 0 fully saturated rings. The molecule has 0 saturated carbocycles. The molecule has 0 rings (SSSR count). The average molecular weight is 128 g/mol. The highest BCUT2D eigenvalue weighted by Gasteiger charge is 1.75. The molecule has 0 aliphatic heterocycles. The highest BCUT2D eigenvalue weighted by Crippen LogP contribution is 1.86. The van der Waals surface area contributed by atoms with Crippen molar-refractivity contribution in [3.05, 3.63) is 12.3 Å². The predicted octanol–water partition coefficient (Wildman–Crippen LogP) is 1.52. The second kappa shape index (κ2) is 7.21. The topological polar surface area (TPSA) is 26.3 Å². The zero-order valence-electron chi connectivity index (χ0n) is 5.67. The maximum atomic E-state index is 9.76. The second-order valence-electron chi connectivity index (χ2n) is 1.57. The summed E-state index contributed by atoms with van der Waals surface area (Å²) >= 11 is 0. The molecule has 0 aliphatic carbocycles. The average Bonchev–Trinajstić information content (AvgIpc) is 1.89. The minimum Gasteiger partial charge on any atom is -0.502 e. The van der Waals surface area contributed by atoms with Crippen LogP contribution in [0.25, 0.3) is 0 Å². The molecule has 9 heavy (non-hydrogen) atoms. The Morgan fingerprint density at radius 3 is 2.78 bits per heavy atom. The number of hydrogen-bond donors (Lipinski definition) is 0. The lowest BCUT2D eigenvalue weighted by Gasteiger charge is -1.89. The van der Waals surface area contributed by atoms with Crippen molar-refractivity contribution >= 4 is 6.29 Å². The Morgan fingerprint density at radius 1 is 1.44 bits per heavy atom. The highest BCUT2D eigenvalue weighted by atomic mass is 16.5. The van der Waals surface area contributed by atoms with E-state index in [1.165, 1.54) is 0 Å². The van der Waals surface area contributed by atoms with Crippen LogP contribution in [0.4, 0.5) is 0 Å². The normalized spacial score (nSPS) is 9.89. The lowest BCUT2D eigenvalue weighted by atomic mass is 10.3. The molecule has 0 aromatic carbocycles. The van der Waals surface area contributed by atoms with Crippen LogP contribution >= 0.6 is 0 Å². The van der Waals surface area contributed by atoms with E-state index in [2.05, 4.69) is 0 Å². The SMILES string of the molecule is CCO/C=C\CCC=O. The quantitative estimate of drug-likeness (QED) is 0.319. The van der Waals surface area contributed by atoms with Gasteiger partial charge in [-0.3, -0.25) is 0 Å². The zero-order chi connectivity index (χ0) is 6.95. The van der Waals surface area contributed by atoms with Gasteiger partial charge in [0.15, 0.2) is 0 Å². The fraction of sp³-hybridized carbons (Fsp3) is 0.571. The van der Waals surface area contributed by atoms with Crippen molar-refractivity contribution in [2.75, 3.05) is 6.61 Å². The van der Waals surface area contributed by atoms with E-state index in [9.17, 15) is 4.79 Å². The molecule has 0 spiro atoms. The van der Waals surface area contributed by atoms with E-state index in [1.54, 1.807) is 6.26 Å². The molecule has 0 aromatic rings. The number of ether oxygens (including phenoxy) is 1. The lowest BCUT2D eigenvalue weighted by molar-refractivity contribution is -0.107. The first-order valence-electron chi connectivity index (χ1n) is 3.12. The first-order valence-corrected chi connectivity index (χ1v) is 3.12. The standard InChI is InChI=1S/C7H12O2/c1-2-9-7-5-3-4-6-8/h5-7H,2-4H2,1H3/b7-5-. The van der Waals surface area contributed by atoms with Gasteiger partial charge in [0.1, 0.15) is 6.29 Å². The summed E-state index contributed by atoms with van der Waals surface area (Å²) in [5.41, 5.74) is 0. The Balaban J connectivity index is 2.94. The third-order valence-electron chi connectivity index (χ3n) is 0.810. The number of allylic oxidation sites excluding steroid dienone is 1. The minimum atomic E-state index is 0.587. The number of aldehydes is 1. The summed E-state index contributed by atoms with van der Waals surface area (Å²) in [6.45, 7) is 2.61. The summed E-state index contributed by atoms with van der Waals surface area (Å²) in [5, 5.41) is 0. The summed E-state index contributed by atoms with van der Waals surface area (Å²) in [6, 6.07) is 0. The van der Waals surface area contributed by atoms with Gasteiger partial charge < -0.3 is 9.53 Å². The van der Waals surface area contributed by atoms with Gasteiger partial charge >= 0.3 is 0 Å². The maximum Gasteiger partial charge on any atom is 0.120 e. The molecule has 0 bridgehead atoms. The van der Waals surface area contributed by atoms with E-state index in [-0.39, 0.29) is 0 Å². The molecule has 0 aromatic heterocycles. The molecule has 0 amide bonds. The summed E-state index contributed by atoms with van der Waals surface area (Å²) < 4.78 is 4.88. The van der Waals surface area contributed by atoms with E-state index < -0.39 is 0 Å². The molecule has 52 valence electrons. The van der Waals surface area contributed by atoms with E-state index in [0.29, 0.717) is 13.0 Å². The molecule has 0 saturated heterocycles. The summed E-state index contributed by atoms with van der Waals surface area (Å²) in [7, 11) is 0. The number of rotatable bonds is 5. The molecule has 0 aliphatic rings. The number of carbonyl (C=O) groups is 1. The molecule has 0 radical (unpaired) electrons. The van der Waals surface area contributed by atoms with Crippen LogP contribution in [0.1, 0.15) is 19.8 Å². The van der Waals surface area contributed by atoms with Crippen molar-refractivity contribution in [3.63, 3.8) is 0 Å². The van der Waals surface area contributed by atoms with Crippen LogP contribution in [-0.2, 0) is 9.53 Å². The van der Waals surface area contributed by atoms with Crippen LogP contribution in [-0.4, -0.2) is 12.9 Å². The third-order valence-corrected chi connectivity index (χ3v) is 0.810. The fourth-order valence-electron chi connectivity index (χ4n) is 0.397. The van der Waals surface area contributed by atoms with Gasteiger partial charge in [0.05, 0.1) is 12.9 Å². The predicted molar refractivity (Wildman–Crippen MR) is 36.1 cm³/mol.